The third kappa shape index (κ3) is 2.73. The minimum atomic E-state index is -0.232. The molecule has 1 heterocycles. The molecule has 2 aromatic rings. The maximum Gasteiger partial charge on any atom is 0.128 e. The fourth-order valence-corrected chi connectivity index (χ4v) is 1.65. The molecule has 0 radical (unpaired) electrons. The Labute approximate surface area is 106 Å². The molecule has 0 unspecified atom stereocenters. The van der Waals surface area contributed by atoms with Crippen LogP contribution in [-0.4, -0.2) is 21.0 Å². The summed E-state index contributed by atoms with van der Waals surface area (Å²) in [7, 11) is 0. The number of aromatic nitrogens is 3. The maximum absolute atomic E-state index is 13.5. The van der Waals surface area contributed by atoms with Gasteiger partial charge in [-0.25, -0.2) is 9.07 Å². The standard InChI is InChI=1S/C13H17FN4/c1-9(2)15-7-11-8-18(17-16-11)13-6-4-5-12(14)10(13)3/h4-6,8-9,15H,7H2,1-3H3. The fraction of sp³-hybridized carbons (Fsp3) is 0.385. The average molecular weight is 248 g/mol. The van der Waals surface area contributed by atoms with Gasteiger partial charge in [0.15, 0.2) is 0 Å². The van der Waals surface area contributed by atoms with Crippen molar-refractivity contribution in [2.75, 3.05) is 0 Å². The summed E-state index contributed by atoms with van der Waals surface area (Å²) in [4.78, 5) is 0. The monoisotopic (exact) mass is 248 g/mol. The first kappa shape index (κ1) is 12.7. The molecule has 0 spiro atoms. The summed E-state index contributed by atoms with van der Waals surface area (Å²) in [5.74, 6) is -0.232. The molecular weight excluding hydrogens is 231 g/mol. The minimum absolute atomic E-state index is 0.232. The highest BCUT2D eigenvalue weighted by Gasteiger charge is 2.08. The molecule has 96 valence electrons. The van der Waals surface area contributed by atoms with Gasteiger partial charge in [-0.05, 0) is 19.1 Å². The first-order valence-electron chi connectivity index (χ1n) is 5.98. The Kier molecular flexibility index (Phi) is 3.72. The summed E-state index contributed by atoms with van der Waals surface area (Å²) < 4.78 is 15.1. The maximum atomic E-state index is 13.5. The van der Waals surface area contributed by atoms with Gasteiger partial charge in [-0.2, -0.15) is 0 Å². The number of halogens is 1. The van der Waals surface area contributed by atoms with E-state index in [9.17, 15) is 4.39 Å². The van der Waals surface area contributed by atoms with E-state index in [1.807, 2.05) is 12.3 Å². The molecule has 0 amide bonds. The van der Waals surface area contributed by atoms with Gasteiger partial charge in [0.05, 0.1) is 17.6 Å². The first-order chi connectivity index (χ1) is 8.58. The summed E-state index contributed by atoms with van der Waals surface area (Å²) in [6.07, 6.45) is 1.82. The van der Waals surface area contributed by atoms with Gasteiger partial charge in [0.1, 0.15) is 5.82 Å². The Morgan fingerprint density at radius 3 is 2.89 bits per heavy atom. The van der Waals surface area contributed by atoms with E-state index in [0.717, 1.165) is 11.4 Å². The molecule has 0 saturated heterocycles. The second-order valence-corrected chi connectivity index (χ2v) is 4.57. The molecule has 4 nitrogen and oxygen atoms in total. The van der Waals surface area contributed by atoms with Crippen molar-refractivity contribution in [3.05, 3.63) is 41.5 Å². The molecule has 0 fully saturated rings. The molecule has 0 bridgehead atoms. The third-order valence-electron chi connectivity index (χ3n) is 2.72. The highest BCUT2D eigenvalue weighted by atomic mass is 19.1. The molecule has 0 atom stereocenters. The Hall–Kier alpha value is -1.75. The quantitative estimate of drug-likeness (QED) is 0.902. The van der Waals surface area contributed by atoms with E-state index in [1.54, 1.807) is 17.7 Å². The van der Waals surface area contributed by atoms with Crippen molar-refractivity contribution >= 4 is 0 Å². The summed E-state index contributed by atoms with van der Waals surface area (Å²) in [5, 5.41) is 11.4. The van der Waals surface area contributed by atoms with Crippen LogP contribution in [0.15, 0.2) is 24.4 Å². The van der Waals surface area contributed by atoms with Gasteiger partial charge in [-0.1, -0.05) is 25.1 Å². The number of hydrogen-bond donors (Lipinski definition) is 1. The Morgan fingerprint density at radius 1 is 1.39 bits per heavy atom. The van der Waals surface area contributed by atoms with E-state index >= 15 is 0 Å². The van der Waals surface area contributed by atoms with Gasteiger partial charge in [0.25, 0.3) is 0 Å². The van der Waals surface area contributed by atoms with Crippen LogP contribution < -0.4 is 5.32 Å². The van der Waals surface area contributed by atoms with E-state index in [-0.39, 0.29) is 5.82 Å². The van der Waals surface area contributed by atoms with E-state index in [4.69, 9.17) is 0 Å². The lowest BCUT2D eigenvalue weighted by Crippen LogP contribution is -2.21. The van der Waals surface area contributed by atoms with Crippen LogP contribution in [0.1, 0.15) is 25.1 Å². The number of benzene rings is 1. The van der Waals surface area contributed by atoms with Crippen molar-refractivity contribution in [3.8, 4) is 5.69 Å². The third-order valence-corrected chi connectivity index (χ3v) is 2.72. The van der Waals surface area contributed by atoms with Crippen molar-refractivity contribution in [1.29, 1.82) is 0 Å². The molecule has 5 heteroatoms. The van der Waals surface area contributed by atoms with E-state index in [0.29, 0.717) is 18.2 Å². The van der Waals surface area contributed by atoms with Crippen LogP contribution in [0.25, 0.3) is 5.69 Å². The van der Waals surface area contributed by atoms with Crippen LogP contribution in [0.4, 0.5) is 4.39 Å². The van der Waals surface area contributed by atoms with Gasteiger partial charge < -0.3 is 5.32 Å². The van der Waals surface area contributed by atoms with Crippen molar-refractivity contribution < 1.29 is 4.39 Å². The van der Waals surface area contributed by atoms with Gasteiger partial charge in [0, 0.05) is 18.2 Å². The molecule has 18 heavy (non-hydrogen) atoms. The zero-order chi connectivity index (χ0) is 13.1. The van der Waals surface area contributed by atoms with Crippen molar-refractivity contribution in [2.45, 2.75) is 33.4 Å². The molecule has 0 aliphatic rings. The smallest absolute Gasteiger partial charge is 0.128 e. The summed E-state index contributed by atoms with van der Waals surface area (Å²) in [6.45, 7) is 6.53. The zero-order valence-corrected chi connectivity index (χ0v) is 10.8. The molecule has 1 N–H and O–H groups in total. The lowest BCUT2D eigenvalue weighted by atomic mass is 10.2. The average Bonchev–Trinajstić information content (AvgIpc) is 2.78. The van der Waals surface area contributed by atoms with Crippen LogP contribution >= 0.6 is 0 Å². The Balaban J connectivity index is 2.21. The highest BCUT2D eigenvalue weighted by Crippen LogP contribution is 2.15. The molecule has 1 aromatic carbocycles. The molecule has 0 aliphatic heterocycles. The van der Waals surface area contributed by atoms with Crippen LogP contribution in [0.5, 0.6) is 0 Å². The molecule has 2 rings (SSSR count). The van der Waals surface area contributed by atoms with Crippen molar-refractivity contribution in [1.82, 2.24) is 20.3 Å². The lowest BCUT2D eigenvalue weighted by Gasteiger charge is -2.05. The molecular formula is C13H17FN4. The zero-order valence-electron chi connectivity index (χ0n) is 10.8. The number of rotatable bonds is 4. The van der Waals surface area contributed by atoms with Gasteiger partial charge in [-0.15, -0.1) is 5.10 Å². The summed E-state index contributed by atoms with van der Waals surface area (Å²) in [6, 6.07) is 5.33. The van der Waals surface area contributed by atoms with Gasteiger partial charge in [0.2, 0.25) is 0 Å². The van der Waals surface area contributed by atoms with Gasteiger partial charge in [-0.3, -0.25) is 0 Å². The molecule has 1 aromatic heterocycles. The highest BCUT2D eigenvalue weighted by molar-refractivity contribution is 5.40. The molecule has 0 saturated carbocycles. The largest absolute Gasteiger partial charge is 0.309 e. The van der Waals surface area contributed by atoms with Crippen LogP contribution in [-0.2, 0) is 6.54 Å². The minimum Gasteiger partial charge on any atom is -0.309 e. The number of nitrogens with one attached hydrogen (secondary N) is 1. The van der Waals surface area contributed by atoms with E-state index < -0.39 is 0 Å². The number of hydrogen-bond acceptors (Lipinski definition) is 3. The summed E-state index contributed by atoms with van der Waals surface area (Å²) >= 11 is 0. The van der Waals surface area contributed by atoms with Crippen LogP contribution in [0.2, 0.25) is 0 Å². The van der Waals surface area contributed by atoms with Crippen molar-refractivity contribution in [2.24, 2.45) is 0 Å². The predicted molar refractivity (Wildman–Crippen MR) is 68.0 cm³/mol. The molecule has 0 aliphatic carbocycles. The Morgan fingerprint density at radius 2 is 2.17 bits per heavy atom. The fourth-order valence-electron chi connectivity index (χ4n) is 1.65. The first-order valence-corrected chi connectivity index (χ1v) is 5.98. The van der Waals surface area contributed by atoms with E-state index in [2.05, 4.69) is 29.5 Å². The SMILES string of the molecule is Cc1c(F)cccc1-n1cc(CNC(C)C)nn1. The number of nitrogens with zero attached hydrogens (tertiary/aromatic N) is 3. The van der Waals surface area contributed by atoms with Crippen LogP contribution in [0.3, 0.4) is 0 Å². The van der Waals surface area contributed by atoms with Crippen molar-refractivity contribution in [3.63, 3.8) is 0 Å². The normalized spacial score (nSPS) is 11.2. The second-order valence-electron chi connectivity index (χ2n) is 4.57. The Bertz CT molecular complexity index is 534. The van der Waals surface area contributed by atoms with Gasteiger partial charge >= 0.3 is 0 Å². The van der Waals surface area contributed by atoms with E-state index in [1.165, 1.54) is 6.07 Å². The second kappa shape index (κ2) is 5.27. The predicted octanol–water partition coefficient (Wildman–Crippen LogP) is 2.21. The van der Waals surface area contributed by atoms with Crippen LogP contribution in [0, 0.1) is 12.7 Å². The summed E-state index contributed by atoms with van der Waals surface area (Å²) in [5.41, 5.74) is 2.14. The lowest BCUT2D eigenvalue weighted by molar-refractivity contribution is 0.580. The topological polar surface area (TPSA) is 42.7 Å².